The minimum Gasteiger partial charge on any atom is -0.322 e. The Kier molecular flexibility index (Phi) is 2.19. The van der Waals surface area contributed by atoms with Crippen LogP contribution < -0.4 is 10.6 Å². The fourth-order valence-corrected chi connectivity index (χ4v) is 3.55. The van der Waals surface area contributed by atoms with Gasteiger partial charge in [0.15, 0.2) is 0 Å². The van der Waals surface area contributed by atoms with Crippen LogP contribution in [0.5, 0.6) is 0 Å². The van der Waals surface area contributed by atoms with Crippen molar-refractivity contribution in [1.82, 2.24) is 10.6 Å². The fraction of sp³-hybridized carbons (Fsp3) is 0.250. The number of carbonyl (C=O) groups excluding carboxylic acids is 2. The van der Waals surface area contributed by atoms with Crippen LogP contribution in [0, 0.1) is 5.92 Å². The Morgan fingerprint density at radius 1 is 1.20 bits per heavy atom. The standard InChI is InChI=1S/C16H14N2O2/c19-14-16(18-15(20)17-14)9-3-6-12-11-5-2-1-4-10(11)7-8-13(12)16/h1-2,4-8,13H,3,9H2,(H2,17,18,19,20). The SMILES string of the molecule is O=C1NC(=O)C2(CCC=C3c4ccccc4C=CC32)N1. The lowest BCUT2D eigenvalue weighted by Gasteiger charge is -2.39. The smallest absolute Gasteiger partial charge is 0.322 e. The fourth-order valence-electron chi connectivity index (χ4n) is 3.55. The topological polar surface area (TPSA) is 58.2 Å². The van der Waals surface area contributed by atoms with Crippen LogP contribution in [-0.4, -0.2) is 17.5 Å². The minimum atomic E-state index is -0.814. The van der Waals surface area contributed by atoms with Crippen molar-refractivity contribution in [2.45, 2.75) is 18.4 Å². The lowest BCUT2D eigenvalue weighted by molar-refractivity contribution is -0.125. The van der Waals surface area contributed by atoms with E-state index in [2.05, 4.69) is 28.8 Å². The first-order valence-electron chi connectivity index (χ1n) is 6.82. The molecule has 2 aliphatic carbocycles. The molecule has 20 heavy (non-hydrogen) atoms. The predicted molar refractivity (Wildman–Crippen MR) is 75.6 cm³/mol. The molecule has 1 spiro atoms. The highest BCUT2D eigenvalue weighted by atomic mass is 16.2. The van der Waals surface area contributed by atoms with Gasteiger partial charge in [0.25, 0.3) is 5.91 Å². The second-order valence-corrected chi connectivity index (χ2v) is 5.50. The second-order valence-electron chi connectivity index (χ2n) is 5.50. The van der Waals surface area contributed by atoms with Crippen LogP contribution in [0.3, 0.4) is 0 Å². The second kappa shape index (κ2) is 3.82. The van der Waals surface area contributed by atoms with Crippen LogP contribution in [-0.2, 0) is 4.79 Å². The first-order chi connectivity index (χ1) is 9.71. The molecule has 0 aromatic heterocycles. The number of benzene rings is 1. The average molecular weight is 266 g/mol. The summed E-state index contributed by atoms with van der Waals surface area (Å²) in [4.78, 5) is 23.8. The zero-order valence-corrected chi connectivity index (χ0v) is 10.8. The van der Waals surface area contributed by atoms with Gasteiger partial charge in [-0.05, 0) is 29.5 Å². The number of amides is 3. The van der Waals surface area contributed by atoms with Gasteiger partial charge in [0.1, 0.15) is 5.54 Å². The summed E-state index contributed by atoms with van der Waals surface area (Å²) < 4.78 is 0. The maximum absolute atomic E-state index is 12.3. The third-order valence-electron chi connectivity index (χ3n) is 4.48. The van der Waals surface area contributed by atoms with Crippen LogP contribution in [0.1, 0.15) is 24.0 Å². The first-order valence-corrected chi connectivity index (χ1v) is 6.82. The van der Waals surface area contributed by atoms with Crippen LogP contribution in [0.15, 0.2) is 36.4 Å². The third-order valence-corrected chi connectivity index (χ3v) is 4.48. The molecule has 1 heterocycles. The molecule has 0 bridgehead atoms. The number of fused-ring (bicyclic) bond motifs is 4. The van der Waals surface area contributed by atoms with Gasteiger partial charge in [0.2, 0.25) is 0 Å². The molecule has 100 valence electrons. The van der Waals surface area contributed by atoms with E-state index in [1.807, 2.05) is 24.3 Å². The number of hydrogen-bond donors (Lipinski definition) is 2. The van der Waals surface area contributed by atoms with Gasteiger partial charge in [-0.15, -0.1) is 0 Å². The highest BCUT2D eigenvalue weighted by Crippen LogP contribution is 2.45. The molecule has 2 atom stereocenters. The van der Waals surface area contributed by atoms with E-state index in [-0.39, 0.29) is 17.9 Å². The van der Waals surface area contributed by atoms with E-state index in [0.29, 0.717) is 6.42 Å². The number of urea groups is 1. The Bertz CT molecular complexity index is 689. The zero-order chi connectivity index (χ0) is 13.7. The molecule has 1 fully saturated rings. The monoisotopic (exact) mass is 266 g/mol. The molecule has 4 nitrogen and oxygen atoms in total. The molecule has 1 aliphatic heterocycles. The van der Waals surface area contributed by atoms with Gasteiger partial charge >= 0.3 is 6.03 Å². The first kappa shape index (κ1) is 11.5. The quantitative estimate of drug-likeness (QED) is 0.706. The van der Waals surface area contributed by atoms with Gasteiger partial charge in [-0.3, -0.25) is 10.1 Å². The molecular weight excluding hydrogens is 252 g/mol. The Morgan fingerprint density at radius 2 is 2.05 bits per heavy atom. The highest BCUT2D eigenvalue weighted by molar-refractivity contribution is 6.09. The molecule has 0 radical (unpaired) electrons. The molecule has 1 aromatic carbocycles. The third kappa shape index (κ3) is 1.36. The number of carbonyl (C=O) groups is 2. The normalized spacial score (nSPS) is 30.4. The summed E-state index contributed by atoms with van der Waals surface area (Å²) in [5.74, 6) is -0.292. The van der Waals surface area contributed by atoms with Crippen LogP contribution in [0.4, 0.5) is 4.79 Å². The Morgan fingerprint density at radius 3 is 2.85 bits per heavy atom. The van der Waals surface area contributed by atoms with E-state index in [1.54, 1.807) is 0 Å². The maximum Gasteiger partial charge on any atom is 0.322 e. The summed E-state index contributed by atoms with van der Waals surface area (Å²) >= 11 is 0. The van der Waals surface area contributed by atoms with Gasteiger partial charge < -0.3 is 5.32 Å². The number of allylic oxidation sites excluding steroid dienone is 1. The molecule has 2 unspecified atom stereocenters. The largest absolute Gasteiger partial charge is 0.322 e. The van der Waals surface area contributed by atoms with Crippen LogP contribution in [0.2, 0.25) is 0 Å². The summed E-state index contributed by atoms with van der Waals surface area (Å²) in [6.45, 7) is 0. The predicted octanol–water partition coefficient (Wildman–Crippen LogP) is 2.08. The van der Waals surface area contributed by atoms with Gasteiger partial charge in [-0.25, -0.2) is 4.79 Å². The summed E-state index contributed by atoms with van der Waals surface area (Å²) in [5, 5.41) is 5.24. The lowest BCUT2D eigenvalue weighted by atomic mass is 9.67. The number of hydrogen-bond acceptors (Lipinski definition) is 2. The van der Waals surface area contributed by atoms with Crippen molar-refractivity contribution < 1.29 is 9.59 Å². The molecule has 1 saturated heterocycles. The summed E-state index contributed by atoms with van der Waals surface area (Å²) in [6, 6.07) is 7.77. The van der Waals surface area contributed by atoms with Crippen molar-refractivity contribution in [3.05, 3.63) is 47.5 Å². The van der Waals surface area contributed by atoms with Crippen LogP contribution >= 0.6 is 0 Å². The molecule has 4 heteroatoms. The van der Waals surface area contributed by atoms with E-state index >= 15 is 0 Å². The Labute approximate surface area is 116 Å². The molecule has 4 rings (SSSR count). The lowest BCUT2D eigenvalue weighted by Crippen LogP contribution is -2.54. The molecule has 0 saturated carbocycles. The summed E-state index contributed by atoms with van der Waals surface area (Å²) in [7, 11) is 0. The molecule has 2 N–H and O–H groups in total. The molecule has 3 amide bonds. The number of nitrogens with one attached hydrogen (secondary N) is 2. The molecule has 1 aromatic rings. The van der Waals surface area contributed by atoms with E-state index in [0.717, 1.165) is 23.1 Å². The molecular formula is C16H14N2O2. The van der Waals surface area contributed by atoms with Gasteiger partial charge in [0, 0.05) is 5.92 Å². The average Bonchev–Trinajstić information content (AvgIpc) is 2.74. The van der Waals surface area contributed by atoms with Crippen molar-refractivity contribution in [3.63, 3.8) is 0 Å². The van der Waals surface area contributed by atoms with E-state index in [1.165, 1.54) is 0 Å². The van der Waals surface area contributed by atoms with Gasteiger partial charge in [-0.1, -0.05) is 42.5 Å². The number of imide groups is 1. The van der Waals surface area contributed by atoms with Crippen molar-refractivity contribution in [3.8, 4) is 0 Å². The number of rotatable bonds is 0. The van der Waals surface area contributed by atoms with Gasteiger partial charge in [0.05, 0.1) is 0 Å². The zero-order valence-electron chi connectivity index (χ0n) is 10.8. The highest BCUT2D eigenvalue weighted by Gasteiger charge is 2.53. The summed E-state index contributed by atoms with van der Waals surface area (Å²) in [6.07, 6.45) is 7.71. The summed E-state index contributed by atoms with van der Waals surface area (Å²) in [5.41, 5.74) is 2.65. The van der Waals surface area contributed by atoms with Crippen molar-refractivity contribution >= 4 is 23.6 Å². The van der Waals surface area contributed by atoms with Crippen molar-refractivity contribution in [2.24, 2.45) is 5.92 Å². The van der Waals surface area contributed by atoms with Crippen molar-refractivity contribution in [1.29, 1.82) is 0 Å². The van der Waals surface area contributed by atoms with E-state index in [9.17, 15) is 9.59 Å². The van der Waals surface area contributed by atoms with Gasteiger partial charge in [-0.2, -0.15) is 0 Å². The minimum absolute atomic E-state index is 0.0856. The van der Waals surface area contributed by atoms with Crippen molar-refractivity contribution in [2.75, 3.05) is 0 Å². The van der Waals surface area contributed by atoms with E-state index in [4.69, 9.17) is 0 Å². The maximum atomic E-state index is 12.3. The molecule has 3 aliphatic rings. The Hall–Kier alpha value is -2.36. The Balaban J connectivity index is 1.87. The van der Waals surface area contributed by atoms with E-state index < -0.39 is 5.54 Å². The van der Waals surface area contributed by atoms with Crippen LogP contribution in [0.25, 0.3) is 11.6 Å².